The van der Waals surface area contributed by atoms with E-state index in [0.717, 1.165) is 76.8 Å². The molecule has 176 valence electrons. The van der Waals surface area contributed by atoms with Gasteiger partial charge in [0.25, 0.3) is 0 Å². The van der Waals surface area contributed by atoms with Gasteiger partial charge >= 0.3 is 0 Å². The second kappa shape index (κ2) is 8.74. The lowest BCUT2D eigenvalue weighted by Crippen LogP contribution is -2.42. The molecule has 0 aliphatic carbocycles. The van der Waals surface area contributed by atoms with Gasteiger partial charge in [0.2, 0.25) is 0 Å². The zero-order valence-electron chi connectivity index (χ0n) is 20.4. The van der Waals surface area contributed by atoms with Gasteiger partial charge in [-0.25, -0.2) is 9.97 Å². The number of imidazole rings is 1. The molecule has 0 bridgehead atoms. The topological polar surface area (TPSA) is 62.5 Å². The maximum Gasteiger partial charge on any atom is 0.138 e. The van der Waals surface area contributed by atoms with E-state index in [0.29, 0.717) is 6.04 Å². The number of hydrogen-bond acceptors (Lipinski definition) is 6. The van der Waals surface area contributed by atoms with Crippen LogP contribution in [0.3, 0.4) is 0 Å². The van der Waals surface area contributed by atoms with E-state index in [4.69, 9.17) is 19.9 Å². The van der Waals surface area contributed by atoms with E-state index < -0.39 is 0 Å². The van der Waals surface area contributed by atoms with Gasteiger partial charge < -0.3 is 9.80 Å². The Morgan fingerprint density at radius 3 is 2.51 bits per heavy atom. The van der Waals surface area contributed by atoms with Gasteiger partial charge in [0.05, 0.1) is 34.3 Å². The molecule has 7 heteroatoms. The van der Waals surface area contributed by atoms with Crippen molar-refractivity contribution in [1.82, 2.24) is 29.2 Å². The fourth-order valence-electron chi connectivity index (χ4n) is 5.04. The molecule has 1 fully saturated rings. The first kappa shape index (κ1) is 21.7. The van der Waals surface area contributed by atoms with Gasteiger partial charge in [-0.05, 0) is 76.3 Å². The molecular weight excluding hydrogens is 434 g/mol. The molecule has 0 aromatic carbocycles. The Morgan fingerprint density at radius 1 is 0.857 bits per heavy atom. The largest absolute Gasteiger partial charge is 0.370 e. The van der Waals surface area contributed by atoms with Crippen molar-refractivity contribution in [3.05, 3.63) is 72.7 Å². The molecule has 0 amide bonds. The summed E-state index contributed by atoms with van der Waals surface area (Å²) in [5, 5.41) is 0. The minimum atomic E-state index is 0.646. The van der Waals surface area contributed by atoms with E-state index >= 15 is 0 Å². The van der Waals surface area contributed by atoms with Gasteiger partial charge in [0.1, 0.15) is 17.0 Å². The second-order valence-corrected chi connectivity index (χ2v) is 9.51. The predicted octanol–water partition coefficient (Wildman–Crippen LogP) is 4.85. The maximum absolute atomic E-state index is 5.09. The van der Waals surface area contributed by atoms with Crippen molar-refractivity contribution in [2.75, 3.05) is 32.1 Å². The van der Waals surface area contributed by atoms with Crippen molar-refractivity contribution >= 4 is 22.4 Å². The van der Waals surface area contributed by atoms with Crippen molar-refractivity contribution in [1.29, 1.82) is 0 Å². The number of aryl methyl sites for hydroxylation is 1. The van der Waals surface area contributed by atoms with Crippen LogP contribution in [0.1, 0.15) is 18.5 Å². The molecule has 5 aromatic heterocycles. The Bertz CT molecular complexity index is 1510. The number of pyridine rings is 4. The first-order valence-electron chi connectivity index (χ1n) is 12.2. The molecule has 7 nitrogen and oxygen atoms in total. The van der Waals surface area contributed by atoms with Gasteiger partial charge in [0.15, 0.2) is 0 Å². The van der Waals surface area contributed by atoms with Crippen LogP contribution in [-0.2, 0) is 0 Å². The van der Waals surface area contributed by atoms with Crippen molar-refractivity contribution < 1.29 is 0 Å². The maximum atomic E-state index is 5.09. The van der Waals surface area contributed by atoms with E-state index in [1.165, 1.54) is 0 Å². The number of nitrogens with zero attached hydrogens (tertiary/aromatic N) is 7. The smallest absolute Gasteiger partial charge is 0.138 e. The SMILES string of the molecule is Cc1cccc(-c2nc3ccccn3c2-c2ccc3ncc(N4CCC(N(C)C)CC4)cc3n2)n1. The lowest BCUT2D eigenvalue weighted by Gasteiger charge is -2.36. The van der Waals surface area contributed by atoms with E-state index in [1.807, 2.05) is 61.8 Å². The molecule has 6 heterocycles. The summed E-state index contributed by atoms with van der Waals surface area (Å²) in [5.74, 6) is 0. The van der Waals surface area contributed by atoms with Crippen LogP contribution < -0.4 is 4.90 Å². The Kier molecular flexibility index (Phi) is 5.41. The third kappa shape index (κ3) is 4.02. The Morgan fingerprint density at radius 2 is 1.71 bits per heavy atom. The third-order valence-corrected chi connectivity index (χ3v) is 6.99. The first-order valence-corrected chi connectivity index (χ1v) is 12.2. The van der Waals surface area contributed by atoms with Gasteiger partial charge in [0, 0.05) is 31.0 Å². The highest BCUT2D eigenvalue weighted by molar-refractivity contribution is 5.84. The van der Waals surface area contributed by atoms with Crippen LogP contribution in [0.5, 0.6) is 0 Å². The number of aromatic nitrogens is 5. The van der Waals surface area contributed by atoms with Crippen LogP contribution in [0.25, 0.3) is 39.5 Å². The minimum Gasteiger partial charge on any atom is -0.370 e. The molecule has 1 aliphatic rings. The first-order chi connectivity index (χ1) is 17.1. The summed E-state index contributed by atoms with van der Waals surface area (Å²) in [5.41, 5.74) is 8.24. The normalized spacial score (nSPS) is 14.9. The van der Waals surface area contributed by atoms with Gasteiger partial charge in [-0.3, -0.25) is 14.4 Å². The summed E-state index contributed by atoms with van der Waals surface area (Å²) in [6.07, 6.45) is 6.34. The van der Waals surface area contributed by atoms with Gasteiger partial charge in [-0.15, -0.1) is 0 Å². The van der Waals surface area contributed by atoms with Gasteiger partial charge in [-0.2, -0.15) is 0 Å². The molecule has 5 aromatic rings. The highest BCUT2D eigenvalue weighted by Gasteiger charge is 2.22. The van der Waals surface area contributed by atoms with Crippen LogP contribution in [-0.4, -0.2) is 62.5 Å². The summed E-state index contributed by atoms with van der Waals surface area (Å²) in [6, 6.07) is 19.0. The molecule has 0 atom stereocenters. The van der Waals surface area contributed by atoms with Gasteiger partial charge in [-0.1, -0.05) is 12.1 Å². The fraction of sp³-hybridized carbons (Fsp3) is 0.286. The quantitative estimate of drug-likeness (QED) is 0.380. The Hall–Kier alpha value is -3.84. The number of anilines is 1. The summed E-state index contributed by atoms with van der Waals surface area (Å²) < 4.78 is 2.09. The van der Waals surface area contributed by atoms with Crippen LogP contribution in [0.4, 0.5) is 5.69 Å². The van der Waals surface area contributed by atoms with Crippen molar-refractivity contribution in [2.45, 2.75) is 25.8 Å². The lowest BCUT2D eigenvalue weighted by molar-refractivity contribution is 0.249. The summed E-state index contributed by atoms with van der Waals surface area (Å²) in [7, 11) is 4.34. The molecule has 0 spiro atoms. The zero-order valence-corrected chi connectivity index (χ0v) is 20.4. The summed E-state index contributed by atoms with van der Waals surface area (Å²) >= 11 is 0. The molecule has 0 radical (unpaired) electrons. The third-order valence-electron chi connectivity index (χ3n) is 6.99. The van der Waals surface area contributed by atoms with Crippen molar-refractivity contribution in [3.63, 3.8) is 0 Å². The Balaban J connectivity index is 1.43. The van der Waals surface area contributed by atoms with Crippen LogP contribution >= 0.6 is 0 Å². The lowest BCUT2D eigenvalue weighted by atomic mass is 10.0. The number of hydrogen-bond donors (Lipinski definition) is 0. The van der Waals surface area contributed by atoms with Crippen LogP contribution in [0.15, 0.2) is 67.0 Å². The highest BCUT2D eigenvalue weighted by Crippen LogP contribution is 2.32. The van der Waals surface area contributed by atoms with Crippen LogP contribution in [0, 0.1) is 6.92 Å². The highest BCUT2D eigenvalue weighted by atomic mass is 15.2. The van der Waals surface area contributed by atoms with E-state index in [9.17, 15) is 0 Å². The average molecular weight is 464 g/mol. The molecule has 0 unspecified atom stereocenters. The van der Waals surface area contributed by atoms with Crippen LogP contribution in [0.2, 0.25) is 0 Å². The summed E-state index contributed by atoms with van der Waals surface area (Å²) in [6.45, 7) is 4.07. The van der Waals surface area contributed by atoms with Crippen molar-refractivity contribution in [3.8, 4) is 22.8 Å². The molecule has 1 aliphatic heterocycles. The molecular formula is C28H29N7. The molecule has 0 saturated carbocycles. The van der Waals surface area contributed by atoms with E-state index in [-0.39, 0.29) is 0 Å². The summed E-state index contributed by atoms with van der Waals surface area (Å²) in [4.78, 5) is 24.3. The Labute approximate surface area is 205 Å². The standard InChI is InChI=1S/C28H29N7/c1-19-7-6-8-23(30-19)27-28(35-14-5-4-9-26(35)32-27)24-11-10-22-25(31-24)17-21(18-29-22)34-15-12-20(13-16-34)33(2)3/h4-11,14,17-18,20H,12-13,15-16H2,1-3H3. The molecule has 6 rings (SSSR count). The van der Waals surface area contributed by atoms with E-state index in [2.05, 4.69) is 40.4 Å². The number of rotatable bonds is 4. The zero-order chi connectivity index (χ0) is 23.9. The molecule has 1 saturated heterocycles. The second-order valence-electron chi connectivity index (χ2n) is 9.51. The predicted molar refractivity (Wildman–Crippen MR) is 141 cm³/mol. The minimum absolute atomic E-state index is 0.646. The fourth-order valence-corrected chi connectivity index (χ4v) is 5.04. The molecule has 35 heavy (non-hydrogen) atoms. The average Bonchev–Trinajstić information content (AvgIpc) is 3.28. The van der Waals surface area contributed by atoms with E-state index in [1.54, 1.807) is 0 Å². The van der Waals surface area contributed by atoms with Crippen molar-refractivity contribution in [2.24, 2.45) is 0 Å². The number of piperidine rings is 1. The molecule has 0 N–H and O–H groups in total. The number of fused-ring (bicyclic) bond motifs is 2. The monoisotopic (exact) mass is 463 g/mol.